The van der Waals surface area contributed by atoms with Crippen molar-refractivity contribution in [1.29, 1.82) is 5.41 Å². The first kappa shape index (κ1) is 9.58. The first-order chi connectivity index (χ1) is 6.19. The van der Waals surface area contributed by atoms with Crippen molar-refractivity contribution in [2.45, 2.75) is 6.92 Å². The van der Waals surface area contributed by atoms with E-state index in [-0.39, 0.29) is 5.90 Å². The van der Waals surface area contributed by atoms with Gasteiger partial charge in [-0.1, -0.05) is 11.6 Å². The normalized spacial score (nSPS) is 9.46. The quantitative estimate of drug-likeness (QED) is 0.537. The summed E-state index contributed by atoms with van der Waals surface area (Å²) in [7, 11) is 3.33. The highest BCUT2D eigenvalue weighted by atomic mass is 16.5. The minimum absolute atomic E-state index is 0.188. The van der Waals surface area contributed by atoms with Crippen LogP contribution in [0.3, 0.4) is 0 Å². The molecule has 1 rings (SSSR count). The summed E-state index contributed by atoms with van der Waals surface area (Å²) in [4.78, 5) is 0. The number of rotatable bonds is 2. The van der Waals surface area contributed by atoms with Crippen LogP contribution in [-0.2, 0) is 4.74 Å². The minimum Gasteiger partial charge on any atom is -0.481 e. The summed E-state index contributed by atoms with van der Waals surface area (Å²) in [6, 6.07) is 5.87. The molecule has 0 saturated heterocycles. The van der Waals surface area contributed by atoms with Gasteiger partial charge in [0.05, 0.1) is 12.7 Å². The maximum absolute atomic E-state index is 7.56. The largest absolute Gasteiger partial charge is 0.481 e. The molecule has 0 aliphatic heterocycles. The molecule has 0 aromatic heterocycles. The molecule has 0 fully saturated rings. The van der Waals surface area contributed by atoms with Crippen LogP contribution in [-0.4, -0.2) is 20.1 Å². The van der Waals surface area contributed by atoms with E-state index in [1.165, 1.54) is 7.11 Å². The van der Waals surface area contributed by atoms with Crippen LogP contribution in [0.25, 0.3) is 0 Å². The molecular formula is C10H14N2O. The second kappa shape index (κ2) is 3.94. The van der Waals surface area contributed by atoms with Crippen molar-refractivity contribution in [3.63, 3.8) is 0 Å². The van der Waals surface area contributed by atoms with Gasteiger partial charge in [-0.25, -0.2) is 0 Å². The Morgan fingerprint density at radius 3 is 2.69 bits per heavy atom. The van der Waals surface area contributed by atoms with E-state index < -0.39 is 0 Å². The smallest absolute Gasteiger partial charge is 0.215 e. The van der Waals surface area contributed by atoms with Gasteiger partial charge < -0.3 is 10.1 Å². The Kier molecular flexibility index (Phi) is 2.90. The number of ether oxygens (including phenoxy) is 1. The molecule has 3 nitrogen and oxygen atoms in total. The Hall–Kier alpha value is -1.51. The van der Waals surface area contributed by atoms with Crippen LogP contribution < -0.4 is 5.32 Å². The summed E-state index contributed by atoms with van der Waals surface area (Å²) < 4.78 is 4.88. The monoisotopic (exact) mass is 178 g/mol. The lowest BCUT2D eigenvalue weighted by molar-refractivity contribution is 0.401. The third-order valence-electron chi connectivity index (χ3n) is 1.89. The molecule has 0 radical (unpaired) electrons. The van der Waals surface area contributed by atoms with Crippen molar-refractivity contribution in [3.05, 3.63) is 29.3 Å². The number of benzene rings is 1. The van der Waals surface area contributed by atoms with Gasteiger partial charge in [-0.05, 0) is 19.1 Å². The Morgan fingerprint density at radius 1 is 1.46 bits per heavy atom. The fraction of sp³-hybridized carbons (Fsp3) is 0.300. The molecule has 0 aliphatic rings. The van der Waals surface area contributed by atoms with Gasteiger partial charge in [0, 0.05) is 12.7 Å². The fourth-order valence-electron chi connectivity index (χ4n) is 1.17. The lowest BCUT2D eigenvalue weighted by Gasteiger charge is -2.09. The number of aryl methyl sites for hydroxylation is 1. The Morgan fingerprint density at radius 2 is 2.15 bits per heavy atom. The maximum atomic E-state index is 7.56. The van der Waals surface area contributed by atoms with Crippen molar-refractivity contribution in [1.82, 2.24) is 0 Å². The third kappa shape index (κ3) is 1.99. The van der Waals surface area contributed by atoms with Gasteiger partial charge in [0.2, 0.25) is 5.90 Å². The lowest BCUT2D eigenvalue weighted by Crippen LogP contribution is -2.05. The summed E-state index contributed by atoms with van der Waals surface area (Å²) in [5.41, 5.74) is 2.83. The van der Waals surface area contributed by atoms with E-state index >= 15 is 0 Å². The van der Waals surface area contributed by atoms with Gasteiger partial charge in [0.25, 0.3) is 0 Å². The van der Waals surface area contributed by atoms with E-state index in [1.807, 2.05) is 32.2 Å². The van der Waals surface area contributed by atoms with Crippen LogP contribution in [0.5, 0.6) is 0 Å². The molecule has 0 bridgehead atoms. The van der Waals surface area contributed by atoms with Gasteiger partial charge in [-0.3, -0.25) is 5.41 Å². The van der Waals surface area contributed by atoms with Gasteiger partial charge in [0.15, 0.2) is 0 Å². The first-order valence-corrected chi connectivity index (χ1v) is 4.10. The van der Waals surface area contributed by atoms with Gasteiger partial charge in [-0.2, -0.15) is 0 Å². The van der Waals surface area contributed by atoms with Crippen molar-refractivity contribution < 1.29 is 4.74 Å². The standard InChI is InChI=1S/C10H14N2O/c1-7-4-5-9(12-2)8(6-7)10(11)13-3/h4-6,11-12H,1-3H3. The average Bonchev–Trinajstić information content (AvgIpc) is 2.16. The molecule has 0 amide bonds. The van der Waals surface area contributed by atoms with Crippen LogP contribution >= 0.6 is 0 Å². The highest BCUT2D eigenvalue weighted by Gasteiger charge is 2.06. The van der Waals surface area contributed by atoms with E-state index in [1.54, 1.807) is 0 Å². The van der Waals surface area contributed by atoms with Crippen LogP contribution in [0.2, 0.25) is 0 Å². The van der Waals surface area contributed by atoms with Crippen LogP contribution in [0, 0.1) is 12.3 Å². The first-order valence-electron chi connectivity index (χ1n) is 4.10. The van der Waals surface area contributed by atoms with E-state index in [0.717, 1.165) is 16.8 Å². The zero-order valence-corrected chi connectivity index (χ0v) is 8.14. The Labute approximate surface area is 78.2 Å². The maximum Gasteiger partial charge on any atom is 0.215 e. The number of methoxy groups -OCH3 is 1. The van der Waals surface area contributed by atoms with Crippen LogP contribution in [0.1, 0.15) is 11.1 Å². The fourth-order valence-corrected chi connectivity index (χ4v) is 1.17. The molecule has 1 aromatic rings. The van der Waals surface area contributed by atoms with Crippen LogP contribution in [0.15, 0.2) is 18.2 Å². The molecule has 0 saturated carbocycles. The molecule has 3 heteroatoms. The zero-order chi connectivity index (χ0) is 9.84. The van der Waals surface area contributed by atoms with Gasteiger partial charge in [-0.15, -0.1) is 0 Å². The second-order valence-corrected chi connectivity index (χ2v) is 2.83. The molecule has 0 aliphatic carbocycles. The Balaban J connectivity index is 3.15. The lowest BCUT2D eigenvalue weighted by atomic mass is 10.1. The topological polar surface area (TPSA) is 45.1 Å². The predicted octanol–water partition coefficient (Wildman–Crippen LogP) is 2.01. The van der Waals surface area contributed by atoms with Crippen molar-refractivity contribution in [2.75, 3.05) is 19.5 Å². The van der Waals surface area contributed by atoms with E-state index in [0.29, 0.717) is 0 Å². The number of hydrogen-bond acceptors (Lipinski definition) is 3. The van der Waals surface area contributed by atoms with Gasteiger partial charge in [0.1, 0.15) is 0 Å². The molecule has 0 heterocycles. The second-order valence-electron chi connectivity index (χ2n) is 2.83. The number of hydrogen-bond donors (Lipinski definition) is 2. The summed E-state index contributed by atoms with van der Waals surface area (Å²) in [6.07, 6.45) is 0. The summed E-state index contributed by atoms with van der Waals surface area (Å²) in [6.45, 7) is 1.99. The van der Waals surface area contributed by atoms with Crippen molar-refractivity contribution >= 4 is 11.6 Å². The SMILES string of the molecule is CNc1ccc(C)cc1C(=N)OC. The molecular weight excluding hydrogens is 164 g/mol. The molecule has 13 heavy (non-hydrogen) atoms. The summed E-state index contributed by atoms with van der Waals surface area (Å²) >= 11 is 0. The highest BCUT2D eigenvalue weighted by Crippen LogP contribution is 2.17. The minimum atomic E-state index is 0.188. The zero-order valence-electron chi connectivity index (χ0n) is 8.14. The van der Waals surface area contributed by atoms with Gasteiger partial charge >= 0.3 is 0 Å². The molecule has 70 valence electrons. The molecule has 0 unspecified atom stereocenters. The summed E-state index contributed by atoms with van der Waals surface area (Å²) in [5, 5.41) is 10.6. The molecule has 1 aromatic carbocycles. The van der Waals surface area contributed by atoms with Crippen LogP contribution in [0.4, 0.5) is 5.69 Å². The van der Waals surface area contributed by atoms with Crippen molar-refractivity contribution in [2.24, 2.45) is 0 Å². The molecule has 2 N–H and O–H groups in total. The average molecular weight is 178 g/mol. The molecule has 0 atom stereocenters. The van der Waals surface area contributed by atoms with E-state index in [9.17, 15) is 0 Å². The summed E-state index contributed by atoms with van der Waals surface area (Å²) in [5.74, 6) is 0.188. The van der Waals surface area contributed by atoms with Crippen molar-refractivity contribution in [3.8, 4) is 0 Å². The number of nitrogens with one attached hydrogen (secondary N) is 2. The predicted molar refractivity (Wildman–Crippen MR) is 54.6 cm³/mol. The molecule has 0 spiro atoms. The number of anilines is 1. The van der Waals surface area contributed by atoms with E-state index in [4.69, 9.17) is 10.1 Å². The van der Waals surface area contributed by atoms with E-state index in [2.05, 4.69) is 5.32 Å². The highest BCUT2D eigenvalue weighted by molar-refractivity contribution is 5.97. The third-order valence-corrected chi connectivity index (χ3v) is 1.89. The Bertz CT molecular complexity index is 321.